The van der Waals surface area contributed by atoms with Crippen LogP contribution in [0.4, 0.5) is 0 Å². The quantitative estimate of drug-likeness (QED) is 0.781. The maximum Gasteiger partial charge on any atom is 0.254 e. The minimum absolute atomic E-state index is 0.109. The number of benzene rings is 1. The maximum atomic E-state index is 12.2. The second-order valence-corrected chi connectivity index (χ2v) is 4.22. The number of phenols is 2. The molecule has 0 spiro atoms. The molecule has 17 heavy (non-hydrogen) atoms. The van der Waals surface area contributed by atoms with Gasteiger partial charge in [0.2, 0.25) is 0 Å². The third-order valence-corrected chi connectivity index (χ3v) is 2.72. The molecule has 0 heterocycles. The average molecular weight is 233 g/mol. The van der Waals surface area contributed by atoms with Gasteiger partial charge in [0.05, 0.1) is 0 Å². The summed E-state index contributed by atoms with van der Waals surface area (Å²) < 4.78 is 0. The Morgan fingerprint density at radius 3 is 2.41 bits per heavy atom. The van der Waals surface area contributed by atoms with Crippen molar-refractivity contribution in [1.82, 2.24) is 4.90 Å². The molecule has 0 atom stereocenters. The highest BCUT2D eigenvalue weighted by molar-refractivity contribution is 5.95. The van der Waals surface area contributed by atoms with Crippen LogP contribution < -0.4 is 0 Å². The van der Waals surface area contributed by atoms with E-state index in [-0.39, 0.29) is 23.4 Å². The van der Waals surface area contributed by atoms with Gasteiger partial charge in [-0.25, -0.2) is 0 Å². The van der Waals surface area contributed by atoms with E-state index in [0.29, 0.717) is 12.1 Å². The molecule has 1 fully saturated rings. The summed E-state index contributed by atoms with van der Waals surface area (Å²) in [4.78, 5) is 13.9. The number of amides is 1. The van der Waals surface area contributed by atoms with Crippen LogP contribution in [0.2, 0.25) is 0 Å². The first-order valence-corrected chi connectivity index (χ1v) is 5.56. The molecule has 1 aliphatic rings. The SMILES string of the molecule is C=CCN(C(=O)c1cc(O)cc(O)c1)C1CC1. The molecule has 4 nitrogen and oxygen atoms in total. The molecule has 1 saturated carbocycles. The summed E-state index contributed by atoms with van der Waals surface area (Å²) in [5.74, 6) is -0.399. The van der Waals surface area contributed by atoms with Crippen LogP contribution in [0, 0.1) is 0 Å². The van der Waals surface area contributed by atoms with Crippen LogP contribution >= 0.6 is 0 Å². The predicted molar refractivity (Wildman–Crippen MR) is 64.0 cm³/mol. The number of hydrogen-bond donors (Lipinski definition) is 2. The van der Waals surface area contributed by atoms with Crippen LogP contribution in [0.5, 0.6) is 11.5 Å². The van der Waals surface area contributed by atoms with Crippen LogP contribution in [0.15, 0.2) is 30.9 Å². The van der Waals surface area contributed by atoms with Crippen LogP contribution in [0.25, 0.3) is 0 Å². The summed E-state index contributed by atoms with van der Waals surface area (Å²) in [6, 6.07) is 4.19. The molecule has 0 radical (unpaired) electrons. The Kier molecular flexibility index (Phi) is 3.04. The zero-order valence-electron chi connectivity index (χ0n) is 9.47. The maximum absolute atomic E-state index is 12.2. The van der Waals surface area contributed by atoms with E-state index in [0.717, 1.165) is 12.8 Å². The number of phenolic OH excluding ortho intramolecular Hbond substituents is 2. The molecule has 0 bridgehead atoms. The van der Waals surface area contributed by atoms with Crippen LogP contribution in [0.1, 0.15) is 23.2 Å². The van der Waals surface area contributed by atoms with E-state index in [9.17, 15) is 15.0 Å². The second-order valence-electron chi connectivity index (χ2n) is 4.22. The van der Waals surface area contributed by atoms with Crippen LogP contribution in [-0.2, 0) is 0 Å². The molecule has 0 saturated heterocycles. The summed E-state index contributed by atoms with van der Waals surface area (Å²) in [6.45, 7) is 4.12. The topological polar surface area (TPSA) is 60.8 Å². The summed E-state index contributed by atoms with van der Waals surface area (Å²) in [5, 5.41) is 18.7. The molecule has 90 valence electrons. The minimum atomic E-state index is -0.182. The lowest BCUT2D eigenvalue weighted by Crippen LogP contribution is -2.33. The highest BCUT2D eigenvalue weighted by Gasteiger charge is 2.32. The molecule has 2 rings (SSSR count). The number of carbonyl (C=O) groups is 1. The Bertz CT molecular complexity index is 432. The van der Waals surface area contributed by atoms with E-state index in [2.05, 4.69) is 6.58 Å². The first-order chi connectivity index (χ1) is 8.11. The van der Waals surface area contributed by atoms with Crippen molar-refractivity contribution in [3.05, 3.63) is 36.4 Å². The van der Waals surface area contributed by atoms with E-state index in [1.54, 1.807) is 11.0 Å². The van der Waals surface area contributed by atoms with E-state index in [1.165, 1.54) is 18.2 Å². The molecule has 1 aromatic carbocycles. The van der Waals surface area contributed by atoms with Gasteiger partial charge in [-0.05, 0) is 25.0 Å². The monoisotopic (exact) mass is 233 g/mol. The van der Waals surface area contributed by atoms with E-state index in [4.69, 9.17) is 0 Å². The molecule has 1 aliphatic carbocycles. The second kappa shape index (κ2) is 4.49. The molecule has 2 N–H and O–H groups in total. The number of carbonyl (C=O) groups excluding carboxylic acids is 1. The van der Waals surface area contributed by atoms with Crippen molar-refractivity contribution in [2.24, 2.45) is 0 Å². The standard InChI is InChI=1S/C13H15NO3/c1-2-5-14(10-3-4-10)13(17)9-6-11(15)8-12(16)7-9/h2,6-8,10,15-16H,1,3-5H2. The fourth-order valence-corrected chi connectivity index (χ4v) is 1.81. The van der Waals surface area contributed by atoms with E-state index >= 15 is 0 Å². The Morgan fingerprint density at radius 2 is 1.94 bits per heavy atom. The molecular weight excluding hydrogens is 218 g/mol. The van der Waals surface area contributed by atoms with E-state index in [1.807, 2.05) is 0 Å². The number of nitrogens with zero attached hydrogens (tertiary/aromatic N) is 1. The molecule has 0 aliphatic heterocycles. The van der Waals surface area contributed by atoms with Crippen molar-refractivity contribution < 1.29 is 15.0 Å². The van der Waals surface area contributed by atoms with Gasteiger partial charge in [-0.15, -0.1) is 6.58 Å². The Morgan fingerprint density at radius 1 is 1.35 bits per heavy atom. The summed E-state index contributed by atoms with van der Waals surface area (Å²) in [6.07, 6.45) is 3.69. The van der Waals surface area contributed by atoms with Gasteiger partial charge in [-0.1, -0.05) is 6.08 Å². The normalized spacial score (nSPS) is 14.4. The van der Waals surface area contributed by atoms with Gasteiger partial charge >= 0.3 is 0 Å². The van der Waals surface area contributed by atoms with E-state index < -0.39 is 0 Å². The van der Waals surface area contributed by atoms with Gasteiger partial charge in [-0.2, -0.15) is 0 Å². The molecule has 1 aromatic rings. The Labute approximate surface area is 99.8 Å². The third kappa shape index (κ3) is 2.58. The van der Waals surface area contributed by atoms with Crippen molar-refractivity contribution in [1.29, 1.82) is 0 Å². The zero-order valence-corrected chi connectivity index (χ0v) is 9.47. The molecule has 0 unspecified atom stereocenters. The Hall–Kier alpha value is -1.97. The Balaban J connectivity index is 2.24. The summed E-state index contributed by atoms with van der Waals surface area (Å²) in [5.41, 5.74) is 0.302. The van der Waals surface area contributed by atoms with Crippen molar-refractivity contribution in [2.75, 3.05) is 6.54 Å². The lowest BCUT2D eigenvalue weighted by molar-refractivity contribution is 0.0762. The third-order valence-electron chi connectivity index (χ3n) is 2.72. The van der Waals surface area contributed by atoms with Crippen molar-refractivity contribution in [2.45, 2.75) is 18.9 Å². The van der Waals surface area contributed by atoms with Gasteiger partial charge in [0.15, 0.2) is 0 Å². The first-order valence-electron chi connectivity index (χ1n) is 5.56. The fraction of sp³-hybridized carbons (Fsp3) is 0.308. The van der Waals surface area contributed by atoms with Crippen molar-refractivity contribution in [3.8, 4) is 11.5 Å². The highest BCUT2D eigenvalue weighted by atomic mass is 16.3. The lowest BCUT2D eigenvalue weighted by Gasteiger charge is -2.20. The van der Waals surface area contributed by atoms with Gasteiger partial charge in [-0.3, -0.25) is 4.79 Å². The van der Waals surface area contributed by atoms with Crippen LogP contribution in [-0.4, -0.2) is 33.6 Å². The van der Waals surface area contributed by atoms with Crippen molar-refractivity contribution in [3.63, 3.8) is 0 Å². The van der Waals surface area contributed by atoms with Gasteiger partial charge in [0.25, 0.3) is 5.91 Å². The van der Waals surface area contributed by atoms with Crippen molar-refractivity contribution >= 4 is 5.91 Å². The number of aromatic hydroxyl groups is 2. The van der Waals surface area contributed by atoms with Gasteiger partial charge < -0.3 is 15.1 Å². The van der Waals surface area contributed by atoms with Crippen LogP contribution in [0.3, 0.4) is 0 Å². The summed E-state index contributed by atoms with van der Waals surface area (Å²) in [7, 11) is 0. The average Bonchev–Trinajstić information content (AvgIpc) is 3.07. The smallest absolute Gasteiger partial charge is 0.254 e. The first kappa shape index (κ1) is 11.5. The molecular formula is C13H15NO3. The molecule has 1 amide bonds. The predicted octanol–water partition coefficient (Wildman–Crippen LogP) is 1.89. The number of hydrogen-bond acceptors (Lipinski definition) is 3. The fourth-order valence-electron chi connectivity index (χ4n) is 1.81. The molecule has 4 heteroatoms. The lowest BCUT2D eigenvalue weighted by atomic mass is 10.1. The van der Waals surface area contributed by atoms with Gasteiger partial charge in [0, 0.05) is 24.2 Å². The summed E-state index contributed by atoms with van der Waals surface area (Å²) >= 11 is 0. The minimum Gasteiger partial charge on any atom is -0.508 e. The highest BCUT2D eigenvalue weighted by Crippen LogP contribution is 2.29. The largest absolute Gasteiger partial charge is 0.508 e. The zero-order chi connectivity index (χ0) is 12.4. The van der Waals surface area contributed by atoms with Gasteiger partial charge in [0.1, 0.15) is 11.5 Å². The molecule has 0 aromatic heterocycles. The number of rotatable bonds is 4.